The number of ketones is 1. The Bertz CT molecular complexity index is 149. The zero-order valence-electron chi connectivity index (χ0n) is 6.68. The third-order valence-electron chi connectivity index (χ3n) is 2.34. The van der Waals surface area contributed by atoms with Crippen molar-refractivity contribution in [2.45, 2.75) is 38.6 Å². The first-order valence-electron chi connectivity index (χ1n) is 3.93. The van der Waals surface area contributed by atoms with Crippen LogP contribution in [0.4, 0.5) is 0 Å². The molecule has 1 atom stereocenters. The summed E-state index contributed by atoms with van der Waals surface area (Å²) in [7, 11) is 0. The molecule has 0 aromatic rings. The quantitative estimate of drug-likeness (QED) is 0.639. The largest absolute Gasteiger partial charge is 0.319 e. The summed E-state index contributed by atoms with van der Waals surface area (Å²) in [5.74, 6) is 0.419. The molecule has 0 spiro atoms. The molecule has 2 nitrogen and oxygen atoms in total. The molecule has 0 aromatic heterocycles. The average Bonchev–Trinajstić information content (AvgIpc) is 2.66. The molecule has 2 heteroatoms. The van der Waals surface area contributed by atoms with Crippen LogP contribution in [-0.4, -0.2) is 11.3 Å². The summed E-state index contributed by atoms with van der Waals surface area (Å²) in [5.41, 5.74) is 5.31. The molecule has 1 saturated carbocycles. The molecule has 0 aliphatic heterocycles. The van der Waals surface area contributed by atoms with Crippen LogP contribution in [0.15, 0.2) is 0 Å². The zero-order chi connectivity index (χ0) is 7.78. The highest BCUT2D eigenvalue weighted by Crippen LogP contribution is 2.35. The Kier molecular flexibility index (Phi) is 1.82. The minimum absolute atomic E-state index is 0.160. The molecule has 10 heavy (non-hydrogen) atoms. The summed E-state index contributed by atoms with van der Waals surface area (Å²) in [6.07, 6.45) is 2.71. The van der Waals surface area contributed by atoms with Crippen molar-refractivity contribution in [1.82, 2.24) is 0 Å². The van der Waals surface area contributed by atoms with Crippen molar-refractivity contribution in [3.63, 3.8) is 0 Å². The lowest BCUT2D eigenvalue weighted by Gasteiger charge is -2.12. The molecule has 1 aliphatic rings. The zero-order valence-corrected chi connectivity index (χ0v) is 6.68. The number of Topliss-reactive ketones (excluding diaryl/α,β-unsaturated/α-hetero) is 1. The van der Waals surface area contributed by atoms with Crippen molar-refractivity contribution >= 4 is 5.78 Å². The predicted molar refractivity (Wildman–Crippen MR) is 40.6 cm³/mol. The number of hydrogen-bond acceptors (Lipinski definition) is 2. The van der Waals surface area contributed by atoms with Crippen LogP contribution in [0.2, 0.25) is 0 Å². The van der Waals surface area contributed by atoms with Gasteiger partial charge in [-0.15, -0.1) is 0 Å². The van der Waals surface area contributed by atoms with E-state index >= 15 is 0 Å². The van der Waals surface area contributed by atoms with Crippen molar-refractivity contribution in [2.24, 2.45) is 11.7 Å². The monoisotopic (exact) mass is 141 g/mol. The summed E-state index contributed by atoms with van der Waals surface area (Å²) >= 11 is 0. The van der Waals surface area contributed by atoms with E-state index < -0.39 is 5.54 Å². The van der Waals surface area contributed by atoms with Crippen LogP contribution in [0.5, 0.6) is 0 Å². The molecule has 0 bridgehead atoms. The van der Waals surface area contributed by atoms with Gasteiger partial charge in [0.25, 0.3) is 0 Å². The molecule has 0 radical (unpaired) electrons. The van der Waals surface area contributed by atoms with Gasteiger partial charge >= 0.3 is 0 Å². The molecule has 1 unspecified atom stereocenters. The highest BCUT2D eigenvalue weighted by molar-refractivity contribution is 5.92. The van der Waals surface area contributed by atoms with Gasteiger partial charge in [-0.1, -0.05) is 13.8 Å². The molecule has 1 fully saturated rings. The fourth-order valence-corrected chi connectivity index (χ4v) is 1.06. The summed E-state index contributed by atoms with van der Waals surface area (Å²) < 4.78 is 0. The smallest absolute Gasteiger partial charge is 0.155 e. The van der Waals surface area contributed by atoms with E-state index in [1.54, 1.807) is 0 Å². The van der Waals surface area contributed by atoms with E-state index in [9.17, 15) is 4.79 Å². The molecule has 1 rings (SSSR count). The molecule has 58 valence electrons. The maximum atomic E-state index is 11.3. The Balaban J connectivity index is 2.49. The molecule has 1 aliphatic carbocycles. The first-order chi connectivity index (χ1) is 4.60. The fourth-order valence-electron chi connectivity index (χ4n) is 1.06. The lowest BCUT2D eigenvalue weighted by Crippen LogP contribution is -2.36. The third-order valence-corrected chi connectivity index (χ3v) is 2.34. The Morgan fingerprint density at radius 3 is 2.50 bits per heavy atom. The number of nitrogens with two attached hydrogens (primary N) is 1. The third kappa shape index (κ3) is 1.21. The van der Waals surface area contributed by atoms with Gasteiger partial charge in [0.2, 0.25) is 0 Å². The van der Waals surface area contributed by atoms with Crippen molar-refractivity contribution in [2.75, 3.05) is 0 Å². The molecule has 0 heterocycles. The molecular formula is C8H15NO. The lowest BCUT2D eigenvalue weighted by atomic mass is 9.96. The van der Waals surface area contributed by atoms with Gasteiger partial charge in [0, 0.05) is 5.92 Å². The average molecular weight is 141 g/mol. The summed E-state index contributed by atoms with van der Waals surface area (Å²) in [4.78, 5) is 11.3. The van der Waals surface area contributed by atoms with Gasteiger partial charge in [-0.2, -0.15) is 0 Å². The molecule has 0 aromatic carbocycles. The van der Waals surface area contributed by atoms with Gasteiger partial charge < -0.3 is 5.73 Å². The second-order valence-corrected chi connectivity index (χ2v) is 3.33. The lowest BCUT2D eigenvalue weighted by molar-refractivity contribution is -0.124. The second kappa shape index (κ2) is 2.35. The second-order valence-electron chi connectivity index (χ2n) is 3.33. The molecule has 0 amide bonds. The summed E-state index contributed by atoms with van der Waals surface area (Å²) in [6.45, 7) is 3.98. The van der Waals surface area contributed by atoms with Crippen LogP contribution in [0.1, 0.15) is 33.1 Å². The highest BCUT2D eigenvalue weighted by atomic mass is 16.1. The Labute approximate surface area is 61.8 Å². The van der Waals surface area contributed by atoms with Crippen LogP contribution in [0.3, 0.4) is 0 Å². The summed E-state index contributed by atoms with van der Waals surface area (Å²) in [5, 5.41) is 0. The fraction of sp³-hybridized carbons (Fsp3) is 0.875. The first kappa shape index (κ1) is 7.73. The minimum atomic E-state index is -0.407. The molecule has 0 saturated heterocycles. The van der Waals surface area contributed by atoms with Crippen LogP contribution in [0.25, 0.3) is 0 Å². The van der Waals surface area contributed by atoms with Crippen LogP contribution < -0.4 is 5.73 Å². The van der Waals surface area contributed by atoms with E-state index in [0.29, 0.717) is 0 Å². The summed E-state index contributed by atoms with van der Waals surface area (Å²) in [6, 6.07) is 0. The normalized spacial score (nSPS) is 23.9. The molecular weight excluding hydrogens is 126 g/mol. The first-order valence-corrected chi connectivity index (χ1v) is 3.93. The van der Waals surface area contributed by atoms with E-state index in [2.05, 4.69) is 0 Å². The predicted octanol–water partition coefficient (Wildman–Crippen LogP) is 1.09. The maximum absolute atomic E-state index is 11.3. The van der Waals surface area contributed by atoms with Gasteiger partial charge in [-0.3, -0.25) is 4.79 Å². The van der Waals surface area contributed by atoms with Crippen molar-refractivity contribution in [1.29, 1.82) is 0 Å². The molecule has 2 N–H and O–H groups in total. The number of hydrogen-bond donors (Lipinski definition) is 1. The van der Waals surface area contributed by atoms with Crippen molar-refractivity contribution in [3.05, 3.63) is 0 Å². The number of carbonyl (C=O) groups is 1. The van der Waals surface area contributed by atoms with Crippen LogP contribution in [0, 0.1) is 5.92 Å². The van der Waals surface area contributed by atoms with E-state index in [1.807, 2.05) is 13.8 Å². The van der Waals surface area contributed by atoms with Crippen LogP contribution >= 0.6 is 0 Å². The van der Waals surface area contributed by atoms with Crippen molar-refractivity contribution < 1.29 is 4.79 Å². The van der Waals surface area contributed by atoms with E-state index in [1.165, 1.54) is 0 Å². The van der Waals surface area contributed by atoms with Gasteiger partial charge in [0.05, 0.1) is 5.54 Å². The Morgan fingerprint density at radius 1 is 1.70 bits per heavy atom. The standard InChI is InChI=1S/C8H15NO/c1-3-6(2)7(10)8(9)4-5-8/h6H,3-5,9H2,1-2H3. The topological polar surface area (TPSA) is 43.1 Å². The minimum Gasteiger partial charge on any atom is -0.319 e. The van der Waals surface area contributed by atoms with E-state index in [4.69, 9.17) is 5.73 Å². The Hall–Kier alpha value is -0.370. The highest BCUT2D eigenvalue weighted by Gasteiger charge is 2.46. The van der Waals surface area contributed by atoms with Gasteiger partial charge in [-0.25, -0.2) is 0 Å². The number of rotatable bonds is 3. The van der Waals surface area contributed by atoms with Gasteiger partial charge in [0.1, 0.15) is 0 Å². The number of carbonyl (C=O) groups excluding carboxylic acids is 1. The van der Waals surface area contributed by atoms with E-state index in [0.717, 1.165) is 19.3 Å². The van der Waals surface area contributed by atoms with E-state index in [-0.39, 0.29) is 11.7 Å². The Morgan fingerprint density at radius 2 is 2.20 bits per heavy atom. The SMILES string of the molecule is CCC(C)C(=O)C1(N)CC1. The van der Waals surface area contributed by atoms with Gasteiger partial charge in [0.15, 0.2) is 5.78 Å². The van der Waals surface area contributed by atoms with Crippen molar-refractivity contribution in [3.8, 4) is 0 Å². The van der Waals surface area contributed by atoms with Gasteiger partial charge in [-0.05, 0) is 19.3 Å². The van der Waals surface area contributed by atoms with Crippen LogP contribution in [-0.2, 0) is 4.79 Å². The maximum Gasteiger partial charge on any atom is 0.155 e.